The summed E-state index contributed by atoms with van der Waals surface area (Å²) >= 11 is 0. The Labute approximate surface area is 219 Å². The number of nitrogens with zero attached hydrogens (tertiary/aromatic N) is 3. The zero-order valence-electron chi connectivity index (χ0n) is 21.9. The highest BCUT2D eigenvalue weighted by atomic mass is 19.1. The van der Waals surface area contributed by atoms with Crippen molar-refractivity contribution in [1.82, 2.24) is 19.8 Å². The Bertz CT molecular complexity index is 1230. The minimum Gasteiger partial charge on any atom is -0.487 e. The molecule has 1 aromatic carbocycles. The molecule has 2 bridgehead atoms. The second kappa shape index (κ2) is 9.70. The molecule has 2 aromatic heterocycles. The van der Waals surface area contributed by atoms with Gasteiger partial charge in [-0.05, 0) is 87.5 Å². The Morgan fingerprint density at radius 1 is 1.11 bits per heavy atom. The second-order valence-electron chi connectivity index (χ2n) is 12.0. The number of H-pyrrole nitrogens is 1. The summed E-state index contributed by atoms with van der Waals surface area (Å²) in [4.78, 5) is 14.0. The van der Waals surface area contributed by atoms with Crippen LogP contribution in [0.3, 0.4) is 0 Å². The smallest absolute Gasteiger partial charge is 0.138 e. The quantitative estimate of drug-likeness (QED) is 0.437. The molecular weight excluding hydrogens is 463 g/mol. The van der Waals surface area contributed by atoms with Gasteiger partial charge in [0.25, 0.3) is 0 Å². The molecule has 4 heterocycles. The molecule has 5 nitrogen and oxygen atoms in total. The zero-order valence-corrected chi connectivity index (χ0v) is 21.9. The van der Waals surface area contributed by atoms with Crippen molar-refractivity contribution in [2.24, 2.45) is 11.8 Å². The summed E-state index contributed by atoms with van der Waals surface area (Å²) in [6, 6.07) is 14.3. The molecule has 4 fully saturated rings. The minimum absolute atomic E-state index is 0.144. The Kier molecular flexibility index (Phi) is 6.20. The number of likely N-dealkylation sites (tertiary alicyclic amines) is 1. The first kappa shape index (κ1) is 23.7. The Hall–Kier alpha value is -2.44. The summed E-state index contributed by atoms with van der Waals surface area (Å²) in [6.45, 7) is 4.86. The van der Waals surface area contributed by atoms with Gasteiger partial charge in [0.05, 0.1) is 24.6 Å². The first-order valence-electron chi connectivity index (χ1n) is 14.5. The molecule has 3 aromatic rings. The maximum absolute atomic E-state index is 12.6. The van der Waals surface area contributed by atoms with Gasteiger partial charge in [-0.15, -0.1) is 0 Å². The highest BCUT2D eigenvalue weighted by Crippen LogP contribution is 2.52. The maximum atomic E-state index is 12.6. The predicted molar refractivity (Wildman–Crippen MR) is 145 cm³/mol. The third-order valence-electron chi connectivity index (χ3n) is 9.68. The van der Waals surface area contributed by atoms with E-state index in [-0.39, 0.29) is 18.8 Å². The molecule has 4 atom stereocenters. The monoisotopic (exact) mass is 502 g/mol. The van der Waals surface area contributed by atoms with Crippen LogP contribution in [0.25, 0.3) is 10.9 Å². The number of pyridine rings is 1. The molecule has 196 valence electrons. The zero-order chi connectivity index (χ0) is 24.9. The van der Waals surface area contributed by atoms with Crippen molar-refractivity contribution in [3.8, 4) is 5.75 Å². The standard InChI is InChI=1S/C31H39FN4O/c1-20-15-26-25-5-2-3-6-27(25)34-30(26)31(36(20)29-10-7-21-16-22(29)17-21)28-9-8-23(18-33-28)37-24-11-14-35(19-24)13-4-12-32/h2-3,5-6,8-9,18,20-22,24,29,31,34H,4,7,10-17,19H2,1H3/t20-,21?,22?,24-,29-,31-/m1/s1. The van der Waals surface area contributed by atoms with Crippen molar-refractivity contribution < 1.29 is 9.13 Å². The lowest BCUT2D eigenvalue weighted by molar-refractivity contribution is -0.0363. The van der Waals surface area contributed by atoms with Gasteiger partial charge in [-0.1, -0.05) is 18.2 Å². The number of nitrogens with one attached hydrogen (secondary N) is 1. The Morgan fingerprint density at radius 3 is 2.78 bits per heavy atom. The van der Waals surface area contributed by atoms with Gasteiger partial charge in [0, 0.05) is 48.3 Å². The highest BCUT2D eigenvalue weighted by Gasteiger charge is 2.48. The molecule has 0 spiro atoms. The summed E-state index contributed by atoms with van der Waals surface area (Å²) in [5, 5.41) is 1.36. The molecule has 0 amide bonds. The summed E-state index contributed by atoms with van der Waals surface area (Å²) in [7, 11) is 0. The third-order valence-corrected chi connectivity index (χ3v) is 9.68. The molecule has 2 aliphatic heterocycles. The Morgan fingerprint density at radius 2 is 2.00 bits per heavy atom. The van der Waals surface area contributed by atoms with Gasteiger partial charge in [0.1, 0.15) is 11.9 Å². The third kappa shape index (κ3) is 4.26. The van der Waals surface area contributed by atoms with Crippen molar-refractivity contribution in [3.63, 3.8) is 0 Å². The van der Waals surface area contributed by atoms with Crippen LogP contribution in [-0.2, 0) is 6.42 Å². The van der Waals surface area contributed by atoms with Gasteiger partial charge in [-0.3, -0.25) is 19.2 Å². The van der Waals surface area contributed by atoms with E-state index < -0.39 is 0 Å². The van der Waals surface area contributed by atoms with Crippen LogP contribution < -0.4 is 4.74 Å². The minimum atomic E-state index is -0.246. The van der Waals surface area contributed by atoms with Gasteiger partial charge in [-0.2, -0.15) is 0 Å². The molecule has 3 aliphatic carbocycles. The van der Waals surface area contributed by atoms with Crippen LogP contribution in [0.1, 0.15) is 68.4 Å². The number of ether oxygens (including phenoxy) is 1. The normalized spacial score (nSPS) is 31.8. The van der Waals surface area contributed by atoms with Gasteiger partial charge in [0.2, 0.25) is 0 Å². The first-order chi connectivity index (χ1) is 18.2. The van der Waals surface area contributed by atoms with E-state index >= 15 is 0 Å². The van der Waals surface area contributed by atoms with Crippen molar-refractivity contribution >= 4 is 10.9 Å². The fourth-order valence-electron chi connectivity index (χ4n) is 7.86. The Balaban J connectivity index is 1.18. The number of para-hydroxylation sites is 1. The second-order valence-corrected chi connectivity index (χ2v) is 12.0. The van der Waals surface area contributed by atoms with Crippen LogP contribution >= 0.6 is 0 Å². The lowest BCUT2D eigenvalue weighted by Gasteiger charge is -2.55. The number of aromatic amines is 1. The van der Waals surface area contributed by atoms with Gasteiger partial charge >= 0.3 is 0 Å². The number of aromatic nitrogens is 2. The average molecular weight is 503 g/mol. The molecule has 0 radical (unpaired) electrons. The van der Waals surface area contributed by atoms with E-state index in [1.54, 1.807) is 0 Å². The fraction of sp³-hybridized carbons (Fsp3) is 0.581. The number of halogens is 1. The number of hydrogen-bond donors (Lipinski definition) is 1. The van der Waals surface area contributed by atoms with E-state index in [9.17, 15) is 4.39 Å². The van der Waals surface area contributed by atoms with E-state index in [1.807, 2.05) is 6.20 Å². The predicted octanol–water partition coefficient (Wildman–Crippen LogP) is 5.90. The number of rotatable bonds is 7. The molecule has 5 aliphatic rings. The first-order valence-corrected chi connectivity index (χ1v) is 14.5. The molecule has 8 rings (SSSR count). The van der Waals surface area contributed by atoms with Crippen LogP contribution in [0.15, 0.2) is 42.6 Å². The van der Waals surface area contributed by atoms with Crippen molar-refractivity contribution in [3.05, 3.63) is 59.5 Å². The molecule has 3 saturated carbocycles. The number of benzene rings is 1. The van der Waals surface area contributed by atoms with E-state index in [0.29, 0.717) is 18.5 Å². The van der Waals surface area contributed by atoms with Gasteiger partial charge < -0.3 is 9.72 Å². The van der Waals surface area contributed by atoms with Gasteiger partial charge in [0.15, 0.2) is 0 Å². The van der Waals surface area contributed by atoms with Crippen molar-refractivity contribution in [2.45, 2.75) is 76.1 Å². The molecular formula is C31H39FN4O. The summed E-state index contributed by atoms with van der Waals surface area (Å²) in [5.74, 6) is 2.65. The molecule has 6 heteroatoms. The summed E-state index contributed by atoms with van der Waals surface area (Å²) in [6.07, 6.45) is 10.3. The van der Waals surface area contributed by atoms with Crippen molar-refractivity contribution in [1.29, 1.82) is 0 Å². The van der Waals surface area contributed by atoms with Crippen LogP contribution in [0, 0.1) is 11.8 Å². The van der Waals surface area contributed by atoms with Crippen LogP contribution in [0.4, 0.5) is 4.39 Å². The highest BCUT2D eigenvalue weighted by molar-refractivity contribution is 5.85. The van der Waals surface area contributed by atoms with Gasteiger partial charge in [-0.25, -0.2) is 0 Å². The lowest BCUT2D eigenvalue weighted by atomic mass is 9.61. The molecule has 0 unspecified atom stereocenters. The summed E-state index contributed by atoms with van der Waals surface area (Å²) in [5.41, 5.74) is 5.15. The van der Waals surface area contributed by atoms with E-state index in [2.05, 4.69) is 58.1 Å². The largest absolute Gasteiger partial charge is 0.487 e. The SMILES string of the molecule is C[C@@H]1Cc2c([nH]c3ccccc23)[C@@H](c2ccc(O[C@@H]3CCN(CCCF)C3)cn2)N1[C@@H]1CCC2CC1C2. The van der Waals surface area contributed by atoms with Crippen LogP contribution in [0.2, 0.25) is 0 Å². The topological polar surface area (TPSA) is 44.4 Å². The van der Waals surface area contributed by atoms with E-state index in [1.165, 1.54) is 47.8 Å². The summed E-state index contributed by atoms with van der Waals surface area (Å²) < 4.78 is 18.9. The fourth-order valence-corrected chi connectivity index (χ4v) is 7.86. The average Bonchev–Trinajstić information content (AvgIpc) is 3.51. The van der Waals surface area contributed by atoms with Crippen molar-refractivity contribution in [2.75, 3.05) is 26.3 Å². The van der Waals surface area contributed by atoms with E-state index in [4.69, 9.17) is 9.72 Å². The number of alkyl halides is 1. The van der Waals surface area contributed by atoms with E-state index in [0.717, 1.165) is 55.8 Å². The molecule has 1 N–H and O–H groups in total. The number of fused-ring (bicyclic) bond motifs is 5. The maximum Gasteiger partial charge on any atom is 0.138 e. The molecule has 1 saturated heterocycles. The van der Waals surface area contributed by atoms with Crippen LogP contribution in [-0.4, -0.2) is 64.3 Å². The van der Waals surface area contributed by atoms with Crippen LogP contribution in [0.5, 0.6) is 5.75 Å². The molecule has 37 heavy (non-hydrogen) atoms. The lowest BCUT2D eigenvalue weighted by Crippen LogP contribution is -2.56. The number of hydrogen-bond acceptors (Lipinski definition) is 4.